The molecule has 1 aromatic rings. The third kappa shape index (κ3) is 8.08. The fraction of sp³-hybridized carbons (Fsp3) is 0.579. The first-order valence-corrected chi connectivity index (χ1v) is 9.81. The van der Waals surface area contributed by atoms with Crippen molar-refractivity contribution in [2.24, 2.45) is 0 Å². The zero-order valence-electron chi connectivity index (χ0n) is 15.7. The molecule has 1 rings (SSSR count). The zero-order valence-corrected chi connectivity index (χ0v) is 17.3. The lowest BCUT2D eigenvalue weighted by Crippen LogP contribution is -2.29. The van der Waals surface area contributed by atoms with Crippen LogP contribution in [0.2, 0.25) is 0 Å². The van der Waals surface area contributed by atoms with E-state index in [9.17, 15) is 9.59 Å². The van der Waals surface area contributed by atoms with Crippen molar-refractivity contribution in [3.8, 4) is 11.5 Å². The van der Waals surface area contributed by atoms with Gasteiger partial charge in [-0.3, -0.25) is 9.59 Å². The number of carbonyl (C=O) groups excluding carboxylic acids is 2. The van der Waals surface area contributed by atoms with Gasteiger partial charge in [-0.2, -0.15) is 0 Å². The fourth-order valence-electron chi connectivity index (χ4n) is 2.26. The third-order valence-electron chi connectivity index (χ3n) is 3.51. The Hall–Kier alpha value is -1.76. The van der Waals surface area contributed by atoms with Crippen LogP contribution in [0.4, 0.5) is 0 Å². The summed E-state index contributed by atoms with van der Waals surface area (Å²) in [4.78, 5) is 23.7. The molecule has 0 saturated heterocycles. The molecule has 0 radical (unpaired) electrons. The zero-order chi connectivity index (χ0) is 19.4. The van der Waals surface area contributed by atoms with E-state index in [0.717, 1.165) is 23.7 Å². The van der Waals surface area contributed by atoms with Gasteiger partial charge in [0.1, 0.15) is 0 Å². The van der Waals surface area contributed by atoms with Gasteiger partial charge in [-0.05, 0) is 38.0 Å². The van der Waals surface area contributed by atoms with Crippen LogP contribution in [0, 0.1) is 0 Å². The molecule has 0 saturated carbocycles. The summed E-state index contributed by atoms with van der Waals surface area (Å²) in [6.45, 7) is 7.21. The summed E-state index contributed by atoms with van der Waals surface area (Å²) < 4.78 is 16.9. The maximum Gasteiger partial charge on any atom is 0.310 e. The number of hydrogen-bond donors (Lipinski definition) is 1. The van der Waals surface area contributed by atoms with Gasteiger partial charge in [0.05, 0.1) is 19.6 Å². The highest BCUT2D eigenvalue weighted by atomic mass is 79.9. The van der Waals surface area contributed by atoms with Crippen molar-refractivity contribution in [2.75, 3.05) is 26.4 Å². The molecule has 1 aromatic carbocycles. The second-order valence-electron chi connectivity index (χ2n) is 5.65. The lowest BCUT2D eigenvalue weighted by molar-refractivity contribution is -0.147. The molecule has 0 aromatic heterocycles. The quantitative estimate of drug-likeness (QED) is 0.405. The van der Waals surface area contributed by atoms with Crippen LogP contribution in [0.25, 0.3) is 0 Å². The van der Waals surface area contributed by atoms with Gasteiger partial charge in [0.15, 0.2) is 18.1 Å². The summed E-state index contributed by atoms with van der Waals surface area (Å²) in [5, 5.41) is 2.73. The standard InChI is InChI=1S/C19H28BrNO5/c1-4-7-8-9-21-18(22)13-26-19(23)11-14-10-16(24-5-2)17(25-6-3)12-15(14)20/h10,12H,4-9,11,13H2,1-3H3,(H,21,22). The van der Waals surface area contributed by atoms with E-state index in [0.29, 0.717) is 36.8 Å². The summed E-state index contributed by atoms with van der Waals surface area (Å²) in [5.41, 5.74) is 0.713. The largest absolute Gasteiger partial charge is 0.490 e. The number of nitrogens with one attached hydrogen (secondary N) is 1. The number of unbranched alkanes of at least 4 members (excludes halogenated alkanes) is 2. The molecule has 1 N–H and O–H groups in total. The van der Waals surface area contributed by atoms with E-state index in [1.165, 1.54) is 0 Å². The van der Waals surface area contributed by atoms with Gasteiger partial charge in [0, 0.05) is 11.0 Å². The number of benzene rings is 1. The second kappa shape index (κ2) is 12.6. The van der Waals surface area contributed by atoms with Crippen LogP contribution in [0.3, 0.4) is 0 Å². The van der Waals surface area contributed by atoms with Crippen LogP contribution in [0.1, 0.15) is 45.6 Å². The molecule has 146 valence electrons. The van der Waals surface area contributed by atoms with Crippen molar-refractivity contribution in [3.63, 3.8) is 0 Å². The number of amides is 1. The molecule has 0 fully saturated rings. The monoisotopic (exact) mass is 429 g/mol. The molecule has 0 heterocycles. The summed E-state index contributed by atoms with van der Waals surface area (Å²) >= 11 is 3.44. The molecule has 0 aliphatic carbocycles. The van der Waals surface area contributed by atoms with Gasteiger partial charge in [-0.25, -0.2) is 0 Å². The minimum Gasteiger partial charge on any atom is -0.490 e. The molecular weight excluding hydrogens is 402 g/mol. The van der Waals surface area contributed by atoms with E-state index >= 15 is 0 Å². The van der Waals surface area contributed by atoms with E-state index in [-0.39, 0.29) is 18.9 Å². The Morgan fingerprint density at radius 3 is 2.31 bits per heavy atom. The smallest absolute Gasteiger partial charge is 0.310 e. The number of esters is 1. The van der Waals surface area contributed by atoms with Crippen LogP contribution in [0.15, 0.2) is 16.6 Å². The number of ether oxygens (including phenoxy) is 3. The Morgan fingerprint density at radius 2 is 1.69 bits per heavy atom. The maximum absolute atomic E-state index is 12.0. The first-order chi connectivity index (χ1) is 12.5. The molecule has 0 aliphatic rings. The topological polar surface area (TPSA) is 73.9 Å². The number of carbonyl (C=O) groups is 2. The van der Waals surface area contributed by atoms with E-state index in [4.69, 9.17) is 14.2 Å². The van der Waals surface area contributed by atoms with E-state index in [1.54, 1.807) is 12.1 Å². The first-order valence-electron chi connectivity index (χ1n) is 9.02. The van der Waals surface area contributed by atoms with Gasteiger partial charge in [-0.1, -0.05) is 35.7 Å². The summed E-state index contributed by atoms with van der Waals surface area (Å²) in [6, 6.07) is 3.53. The molecule has 0 unspecified atom stereocenters. The Balaban J connectivity index is 2.57. The Morgan fingerprint density at radius 1 is 1.04 bits per heavy atom. The lowest BCUT2D eigenvalue weighted by Gasteiger charge is -2.14. The van der Waals surface area contributed by atoms with Gasteiger partial charge in [0.25, 0.3) is 5.91 Å². The normalized spacial score (nSPS) is 10.3. The summed E-state index contributed by atoms with van der Waals surface area (Å²) in [5.74, 6) is 0.440. The Bertz CT molecular complexity index is 592. The Kier molecular flexibility index (Phi) is 10.8. The highest BCUT2D eigenvalue weighted by molar-refractivity contribution is 9.10. The number of hydrogen-bond acceptors (Lipinski definition) is 5. The van der Waals surface area contributed by atoms with Gasteiger partial charge in [0.2, 0.25) is 0 Å². The van der Waals surface area contributed by atoms with Crippen molar-refractivity contribution in [3.05, 3.63) is 22.2 Å². The fourth-order valence-corrected chi connectivity index (χ4v) is 2.72. The van der Waals surface area contributed by atoms with Crippen molar-refractivity contribution < 1.29 is 23.8 Å². The van der Waals surface area contributed by atoms with Gasteiger partial charge >= 0.3 is 5.97 Å². The SMILES string of the molecule is CCCCCNC(=O)COC(=O)Cc1cc(OCC)c(OCC)cc1Br. The predicted molar refractivity (Wildman–Crippen MR) is 104 cm³/mol. The number of rotatable bonds is 12. The molecule has 0 spiro atoms. The molecule has 26 heavy (non-hydrogen) atoms. The van der Waals surface area contributed by atoms with Crippen LogP contribution in [0.5, 0.6) is 11.5 Å². The Labute approximate surface area is 163 Å². The minimum absolute atomic E-state index is 0.0379. The van der Waals surface area contributed by atoms with E-state index < -0.39 is 5.97 Å². The molecule has 1 amide bonds. The molecule has 6 nitrogen and oxygen atoms in total. The average molecular weight is 430 g/mol. The highest BCUT2D eigenvalue weighted by Crippen LogP contribution is 2.34. The summed E-state index contributed by atoms with van der Waals surface area (Å²) in [7, 11) is 0. The molecule has 0 atom stereocenters. The van der Waals surface area contributed by atoms with Gasteiger partial charge in [-0.15, -0.1) is 0 Å². The van der Waals surface area contributed by atoms with Crippen LogP contribution in [-0.4, -0.2) is 38.2 Å². The van der Waals surface area contributed by atoms with Crippen molar-refractivity contribution >= 4 is 27.8 Å². The van der Waals surface area contributed by atoms with Crippen molar-refractivity contribution in [1.29, 1.82) is 0 Å². The summed E-state index contributed by atoms with van der Waals surface area (Å²) in [6.07, 6.45) is 3.12. The van der Waals surface area contributed by atoms with Crippen LogP contribution in [-0.2, 0) is 20.7 Å². The van der Waals surface area contributed by atoms with Gasteiger partial charge < -0.3 is 19.5 Å². The highest BCUT2D eigenvalue weighted by Gasteiger charge is 2.15. The molecule has 0 bridgehead atoms. The third-order valence-corrected chi connectivity index (χ3v) is 4.25. The van der Waals surface area contributed by atoms with E-state index in [1.807, 2.05) is 13.8 Å². The minimum atomic E-state index is -0.471. The van der Waals surface area contributed by atoms with Crippen molar-refractivity contribution in [2.45, 2.75) is 46.5 Å². The van der Waals surface area contributed by atoms with Crippen molar-refractivity contribution in [1.82, 2.24) is 5.32 Å². The lowest BCUT2D eigenvalue weighted by atomic mass is 10.1. The molecule has 7 heteroatoms. The van der Waals surface area contributed by atoms with Crippen LogP contribution >= 0.6 is 15.9 Å². The maximum atomic E-state index is 12.0. The predicted octanol–water partition coefficient (Wildman–Crippen LogP) is 3.64. The molecular formula is C19H28BrNO5. The molecule has 0 aliphatic heterocycles. The second-order valence-corrected chi connectivity index (χ2v) is 6.51. The first kappa shape index (κ1) is 22.3. The van der Waals surface area contributed by atoms with Crippen LogP contribution < -0.4 is 14.8 Å². The average Bonchev–Trinajstić information content (AvgIpc) is 2.61. The number of halogens is 1. The van der Waals surface area contributed by atoms with E-state index in [2.05, 4.69) is 28.2 Å².